The molecular formula is C17H23N5O3. The number of nitrogens with zero attached hydrogens (tertiary/aromatic N) is 3. The van der Waals surface area contributed by atoms with Crippen LogP contribution in [0.1, 0.15) is 6.92 Å². The fraction of sp³-hybridized carbons (Fsp3) is 0.471. The number of nitrogens with one attached hydrogen (secondary N) is 2. The van der Waals surface area contributed by atoms with E-state index in [1.165, 1.54) is 0 Å². The standard InChI is InChI=1S/C17H23N5O3/c1-2-25-16(23)13-11-19-17(24)20-14(13)12-21-7-9-22(10-8-21)15-5-3-4-6-18-15/h3-6H,2,7-12H2,1H3,(H2,19,20,24). The Morgan fingerprint density at radius 1 is 1.28 bits per heavy atom. The lowest BCUT2D eigenvalue weighted by atomic mass is 10.1. The van der Waals surface area contributed by atoms with Crippen LogP contribution in [0.3, 0.4) is 0 Å². The number of hydrogen-bond acceptors (Lipinski definition) is 6. The van der Waals surface area contributed by atoms with Crippen molar-refractivity contribution < 1.29 is 14.3 Å². The number of amides is 2. The van der Waals surface area contributed by atoms with Gasteiger partial charge in [-0.1, -0.05) is 6.07 Å². The lowest BCUT2D eigenvalue weighted by molar-refractivity contribution is -0.138. The smallest absolute Gasteiger partial charge is 0.337 e. The van der Waals surface area contributed by atoms with Gasteiger partial charge in [-0.2, -0.15) is 0 Å². The summed E-state index contributed by atoms with van der Waals surface area (Å²) in [6.07, 6.45) is 1.79. The van der Waals surface area contributed by atoms with Crippen LogP contribution in [0.4, 0.5) is 10.6 Å². The molecule has 8 nitrogen and oxygen atoms in total. The lowest BCUT2D eigenvalue weighted by Crippen LogP contribution is -2.51. The van der Waals surface area contributed by atoms with E-state index in [0.717, 1.165) is 32.0 Å². The average Bonchev–Trinajstić information content (AvgIpc) is 2.63. The molecule has 3 heterocycles. The Labute approximate surface area is 146 Å². The molecule has 134 valence electrons. The molecule has 0 bridgehead atoms. The topological polar surface area (TPSA) is 86.8 Å². The van der Waals surface area contributed by atoms with E-state index in [0.29, 0.717) is 24.4 Å². The molecule has 2 amide bonds. The Bertz CT molecular complexity index is 654. The van der Waals surface area contributed by atoms with Gasteiger partial charge in [0.05, 0.1) is 18.7 Å². The van der Waals surface area contributed by atoms with E-state index in [4.69, 9.17) is 4.74 Å². The van der Waals surface area contributed by atoms with Crippen molar-refractivity contribution in [3.63, 3.8) is 0 Å². The molecule has 1 saturated heterocycles. The van der Waals surface area contributed by atoms with Crippen molar-refractivity contribution in [2.24, 2.45) is 0 Å². The summed E-state index contributed by atoms with van der Waals surface area (Å²) in [6, 6.07) is 5.61. The van der Waals surface area contributed by atoms with Crippen LogP contribution < -0.4 is 15.5 Å². The van der Waals surface area contributed by atoms with Crippen molar-refractivity contribution in [1.29, 1.82) is 0 Å². The van der Waals surface area contributed by atoms with E-state index in [-0.39, 0.29) is 18.5 Å². The average molecular weight is 345 g/mol. The molecule has 3 rings (SSSR count). The normalized spacial score (nSPS) is 18.6. The first-order chi connectivity index (χ1) is 12.2. The van der Waals surface area contributed by atoms with Gasteiger partial charge in [0.1, 0.15) is 5.82 Å². The van der Waals surface area contributed by atoms with E-state index in [1.807, 2.05) is 18.2 Å². The van der Waals surface area contributed by atoms with Crippen molar-refractivity contribution in [3.05, 3.63) is 35.7 Å². The molecule has 1 aromatic rings. The second kappa shape index (κ2) is 7.98. The number of carbonyl (C=O) groups excluding carboxylic acids is 2. The summed E-state index contributed by atoms with van der Waals surface area (Å²) in [5, 5.41) is 5.38. The van der Waals surface area contributed by atoms with E-state index in [2.05, 4.69) is 25.4 Å². The Morgan fingerprint density at radius 2 is 2.08 bits per heavy atom. The summed E-state index contributed by atoms with van der Waals surface area (Å²) >= 11 is 0. The minimum absolute atomic E-state index is 0.202. The van der Waals surface area contributed by atoms with Crippen molar-refractivity contribution >= 4 is 17.8 Å². The quantitative estimate of drug-likeness (QED) is 0.748. The van der Waals surface area contributed by atoms with Gasteiger partial charge >= 0.3 is 12.0 Å². The van der Waals surface area contributed by atoms with Gasteiger partial charge in [-0.15, -0.1) is 0 Å². The molecule has 0 atom stereocenters. The van der Waals surface area contributed by atoms with Crippen LogP contribution in [-0.2, 0) is 9.53 Å². The third-order valence-corrected chi connectivity index (χ3v) is 4.30. The molecule has 1 fully saturated rings. The van der Waals surface area contributed by atoms with Gasteiger partial charge in [0.2, 0.25) is 0 Å². The highest BCUT2D eigenvalue weighted by Gasteiger charge is 2.26. The highest BCUT2D eigenvalue weighted by atomic mass is 16.5. The van der Waals surface area contributed by atoms with Crippen LogP contribution in [0.15, 0.2) is 35.7 Å². The van der Waals surface area contributed by atoms with Gasteiger partial charge in [-0.3, -0.25) is 4.90 Å². The molecule has 8 heteroatoms. The summed E-state index contributed by atoms with van der Waals surface area (Å²) in [5.74, 6) is 0.598. The first kappa shape index (κ1) is 17.2. The summed E-state index contributed by atoms with van der Waals surface area (Å²) < 4.78 is 5.09. The molecule has 0 unspecified atom stereocenters. The summed E-state index contributed by atoms with van der Waals surface area (Å²) in [4.78, 5) is 32.6. The molecule has 0 radical (unpaired) electrons. The zero-order valence-corrected chi connectivity index (χ0v) is 14.3. The minimum atomic E-state index is -0.378. The van der Waals surface area contributed by atoms with Crippen molar-refractivity contribution in [2.45, 2.75) is 6.92 Å². The molecule has 2 aliphatic heterocycles. The Balaban J connectivity index is 1.63. The van der Waals surface area contributed by atoms with Gasteiger partial charge in [-0.25, -0.2) is 14.6 Å². The molecule has 1 aromatic heterocycles. The monoisotopic (exact) mass is 345 g/mol. The molecule has 0 spiro atoms. The second-order valence-electron chi connectivity index (χ2n) is 5.94. The number of ether oxygens (including phenoxy) is 1. The fourth-order valence-corrected chi connectivity index (χ4v) is 2.98. The number of anilines is 1. The van der Waals surface area contributed by atoms with Crippen LogP contribution >= 0.6 is 0 Å². The predicted molar refractivity (Wildman–Crippen MR) is 93.1 cm³/mol. The second-order valence-corrected chi connectivity index (χ2v) is 5.94. The molecular weight excluding hydrogens is 322 g/mol. The highest BCUT2D eigenvalue weighted by Crippen LogP contribution is 2.15. The van der Waals surface area contributed by atoms with E-state index >= 15 is 0 Å². The maximum atomic E-state index is 12.1. The number of urea groups is 1. The first-order valence-electron chi connectivity index (χ1n) is 8.49. The zero-order chi connectivity index (χ0) is 17.6. The summed E-state index contributed by atoms with van der Waals surface area (Å²) in [5.41, 5.74) is 1.13. The molecule has 0 aliphatic carbocycles. The number of pyridine rings is 1. The number of piperazine rings is 1. The van der Waals surface area contributed by atoms with Gasteiger partial charge in [-0.05, 0) is 19.1 Å². The number of esters is 1. The van der Waals surface area contributed by atoms with Crippen LogP contribution in [0.2, 0.25) is 0 Å². The lowest BCUT2D eigenvalue weighted by Gasteiger charge is -2.36. The van der Waals surface area contributed by atoms with Crippen LogP contribution in [0.5, 0.6) is 0 Å². The zero-order valence-electron chi connectivity index (χ0n) is 14.3. The Kier molecular flexibility index (Phi) is 5.49. The predicted octanol–water partition coefficient (Wildman–Crippen LogP) is 0.334. The third kappa shape index (κ3) is 4.27. The van der Waals surface area contributed by atoms with Gasteiger partial charge in [0, 0.05) is 44.6 Å². The molecule has 2 N–H and O–H groups in total. The molecule has 0 saturated carbocycles. The number of rotatable bonds is 5. The SMILES string of the molecule is CCOC(=O)C1=C(CN2CCN(c3ccccn3)CC2)NC(=O)NC1. The fourth-order valence-electron chi connectivity index (χ4n) is 2.98. The highest BCUT2D eigenvalue weighted by molar-refractivity contribution is 5.93. The van der Waals surface area contributed by atoms with Crippen molar-refractivity contribution in [1.82, 2.24) is 20.5 Å². The molecule has 2 aliphatic rings. The van der Waals surface area contributed by atoms with E-state index in [9.17, 15) is 9.59 Å². The summed E-state index contributed by atoms with van der Waals surface area (Å²) in [6.45, 7) is 6.18. The Morgan fingerprint density at radius 3 is 2.76 bits per heavy atom. The largest absolute Gasteiger partial charge is 0.463 e. The van der Waals surface area contributed by atoms with Gasteiger partial charge in [0.25, 0.3) is 0 Å². The number of carbonyl (C=O) groups is 2. The molecule has 25 heavy (non-hydrogen) atoms. The van der Waals surface area contributed by atoms with Gasteiger partial charge < -0.3 is 20.3 Å². The van der Waals surface area contributed by atoms with Crippen molar-refractivity contribution in [3.8, 4) is 0 Å². The van der Waals surface area contributed by atoms with E-state index in [1.54, 1.807) is 13.1 Å². The number of aromatic nitrogens is 1. The van der Waals surface area contributed by atoms with Crippen LogP contribution in [0.25, 0.3) is 0 Å². The van der Waals surface area contributed by atoms with Crippen LogP contribution in [-0.4, -0.2) is 67.8 Å². The first-order valence-corrected chi connectivity index (χ1v) is 8.49. The van der Waals surface area contributed by atoms with Crippen LogP contribution in [0, 0.1) is 0 Å². The van der Waals surface area contributed by atoms with E-state index < -0.39 is 0 Å². The third-order valence-electron chi connectivity index (χ3n) is 4.30. The van der Waals surface area contributed by atoms with Crippen molar-refractivity contribution in [2.75, 3.05) is 50.8 Å². The minimum Gasteiger partial charge on any atom is -0.463 e. The Hall–Kier alpha value is -2.61. The maximum Gasteiger partial charge on any atom is 0.337 e. The number of hydrogen-bond donors (Lipinski definition) is 2. The summed E-state index contributed by atoms with van der Waals surface area (Å²) in [7, 11) is 0. The van der Waals surface area contributed by atoms with Gasteiger partial charge in [0.15, 0.2) is 0 Å². The molecule has 0 aromatic carbocycles. The maximum absolute atomic E-state index is 12.1.